The number of amides is 1. The summed E-state index contributed by atoms with van der Waals surface area (Å²) in [5.74, 6) is 0.705. The lowest BCUT2D eigenvalue weighted by Crippen LogP contribution is -2.50. The van der Waals surface area contributed by atoms with Crippen LogP contribution in [-0.2, 0) is 14.8 Å². The number of amidine groups is 1. The molecule has 0 bridgehead atoms. The molecule has 1 aromatic carbocycles. The van der Waals surface area contributed by atoms with E-state index in [0.717, 1.165) is 54.0 Å². The highest BCUT2D eigenvalue weighted by atomic mass is 32.2. The van der Waals surface area contributed by atoms with Gasteiger partial charge in [0.25, 0.3) is 5.91 Å². The fourth-order valence-electron chi connectivity index (χ4n) is 5.61. The largest absolute Gasteiger partial charge is 0.388 e. The molecule has 1 saturated heterocycles. The second-order valence-electron chi connectivity index (χ2n) is 11.1. The highest BCUT2D eigenvalue weighted by Crippen LogP contribution is 2.32. The molecule has 8 nitrogen and oxygen atoms in total. The van der Waals surface area contributed by atoms with Gasteiger partial charge in [-0.1, -0.05) is 44.9 Å². The molecular weight excluding hydrogens is 510 g/mol. The third kappa shape index (κ3) is 8.88. The molecule has 1 aromatic rings. The number of carbonyl (C=O) groups is 1. The average Bonchev–Trinajstić information content (AvgIpc) is 3.20. The minimum absolute atomic E-state index is 0.0702. The zero-order valence-corrected chi connectivity index (χ0v) is 25.3. The predicted molar refractivity (Wildman–Crippen MR) is 163 cm³/mol. The standard InChI is InChI=1S/C30H49N5O3S/c1-24-22-26(32-4)23-25(2)27(24)15-21-39(37,38)35-19-16-30(17-20-35)29(36)33-28(34-30)14-12-10-8-6-5-7-9-11-13-18-31-3/h15,21-23,31-32H,5-14,16-20H2,1-4H3,(H,33,34,36)/b21-15+. The normalized spacial score (nSPS) is 17.6. The van der Waals surface area contributed by atoms with Crippen LogP contribution in [0.5, 0.6) is 0 Å². The Morgan fingerprint density at radius 1 is 0.949 bits per heavy atom. The minimum atomic E-state index is -3.59. The van der Waals surface area contributed by atoms with E-state index in [1.165, 1.54) is 54.7 Å². The van der Waals surface area contributed by atoms with Gasteiger partial charge in [0, 0.05) is 37.7 Å². The van der Waals surface area contributed by atoms with Gasteiger partial charge >= 0.3 is 0 Å². The molecule has 0 radical (unpaired) electrons. The van der Waals surface area contributed by atoms with Crippen molar-refractivity contribution in [1.29, 1.82) is 0 Å². The van der Waals surface area contributed by atoms with Crippen LogP contribution in [0.3, 0.4) is 0 Å². The van der Waals surface area contributed by atoms with Gasteiger partial charge in [0.15, 0.2) is 0 Å². The first-order valence-electron chi connectivity index (χ1n) is 14.7. The van der Waals surface area contributed by atoms with Gasteiger partial charge in [0.2, 0.25) is 10.0 Å². The van der Waals surface area contributed by atoms with Gasteiger partial charge < -0.3 is 16.0 Å². The van der Waals surface area contributed by atoms with Crippen LogP contribution in [0, 0.1) is 13.8 Å². The van der Waals surface area contributed by atoms with E-state index >= 15 is 0 Å². The molecule has 1 spiro atoms. The molecule has 0 aliphatic carbocycles. The number of aryl methyl sites for hydroxylation is 2. The first kappa shape index (κ1) is 31.3. The molecule has 0 unspecified atom stereocenters. The number of hydrogen-bond acceptors (Lipinski definition) is 6. The van der Waals surface area contributed by atoms with Crippen molar-refractivity contribution in [2.24, 2.45) is 4.99 Å². The number of benzene rings is 1. The minimum Gasteiger partial charge on any atom is -0.388 e. The number of hydrogen-bond donors (Lipinski definition) is 3. The quantitative estimate of drug-likeness (QED) is 0.244. The molecule has 3 rings (SSSR count). The van der Waals surface area contributed by atoms with Crippen LogP contribution in [0.1, 0.15) is 93.7 Å². The molecular formula is C30H49N5O3S. The Morgan fingerprint density at radius 3 is 2.08 bits per heavy atom. The van der Waals surface area contributed by atoms with Gasteiger partial charge in [0.1, 0.15) is 11.4 Å². The van der Waals surface area contributed by atoms with Gasteiger partial charge in [-0.15, -0.1) is 0 Å². The first-order chi connectivity index (χ1) is 18.7. The first-order valence-corrected chi connectivity index (χ1v) is 16.2. The Balaban J connectivity index is 1.43. The van der Waals surface area contributed by atoms with Crippen LogP contribution in [0.25, 0.3) is 6.08 Å². The van der Waals surface area contributed by atoms with E-state index in [1.807, 2.05) is 40.1 Å². The number of rotatable bonds is 16. The summed E-state index contributed by atoms with van der Waals surface area (Å²) in [6.45, 7) is 5.66. The Bertz CT molecular complexity index is 1100. The molecule has 0 aromatic heterocycles. The number of aliphatic imine (C=N–C) groups is 1. The maximum Gasteiger partial charge on any atom is 0.253 e. The zero-order chi connectivity index (χ0) is 28.3. The SMILES string of the molecule is CNCCCCCCCCCCCC1=NC2(CCN(S(=O)(=O)/C=C/c3c(C)cc(NC)cc3C)CC2)C(=O)N1. The number of nitrogens with one attached hydrogen (secondary N) is 3. The lowest BCUT2D eigenvalue weighted by Gasteiger charge is -2.34. The van der Waals surface area contributed by atoms with Crippen molar-refractivity contribution in [1.82, 2.24) is 14.9 Å². The van der Waals surface area contributed by atoms with Crippen molar-refractivity contribution in [3.05, 3.63) is 34.2 Å². The van der Waals surface area contributed by atoms with E-state index in [1.54, 1.807) is 6.08 Å². The molecule has 2 aliphatic heterocycles. The van der Waals surface area contributed by atoms with Crippen molar-refractivity contribution in [2.45, 2.75) is 96.4 Å². The summed E-state index contributed by atoms with van der Waals surface area (Å²) in [7, 11) is 0.286. The second kappa shape index (κ2) is 15.0. The third-order valence-electron chi connectivity index (χ3n) is 8.07. The monoisotopic (exact) mass is 559 g/mol. The van der Waals surface area contributed by atoms with Gasteiger partial charge in [0.05, 0.1) is 0 Å². The van der Waals surface area contributed by atoms with Crippen molar-refractivity contribution in [3.8, 4) is 0 Å². The van der Waals surface area contributed by atoms with Gasteiger partial charge in [-0.3, -0.25) is 9.79 Å². The van der Waals surface area contributed by atoms with Gasteiger partial charge in [-0.25, -0.2) is 8.42 Å². The smallest absolute Gasteiger partial charge is 0.253 e. The fourth-order valence-corrected chi connectivity index (χ4v) is 6.78. The van der Waals surface area contributed by atoms with Crippen molar-refractivity contribution in [3.63, 3.8) is 0 Å². The Labute approximate surface area is 236 Å². The topological polar surface area (TPSA) is 103 Å². The Hall–Kier alpha value is -2.23. The molecule has 0 atom stereocenters. The van der Waals surface area contributed by atoms with Crippen LogP contribution in [0.15, 0.2) is 22.5 Å². The summed E-state index contributed by atoms with van der Waals surface area (Å²) in [6, 6.07) is 4.01. The third-order valence-corrected chi connectivity index (χ3v) is 9.63. The lowest BCUT2D eigenvalue weighted by atomic mass is 9.89. The summed E-state index contributed by atoms with van der Waals surface area (Å²) in [5.41, 5.74) is 3.14. The fraction of sp³-hybridized carbons (Fsp3) is 0.667. The summed E-state index contributed by atoms with van der Waals surface area (Å²) in [6.07, 6.45) is 14.5. The summed E-state index contributed by atoms with van der Waals surface area (Å²) < 4.78 is 27.6. The summed E-state index contributed by atoms with van der Waals surface area (Å²) in [4.78, 5) is 17.6. The van der Waals surface area contributed by atoms with Gasteiger partial charge in [-0.2, -0.15) is 4.31 Å². The van der Waals surface area contributed by atoms with Crippen molar-refractivity contribution in [2.75, 3.05) is 39.0 Å². The van der Waals surface area contributed by atoms with Crippen molar-refractivity contribution < 1.29 is 13.2 Å². The maximum absolute atomic E-state index is 13.1. The van der Waals surface area contributed by atoms with Crippen LogP contribution >= 0.6 is 0 Å². The highest BCUT2D eigenvalue weighted by Gasteiger charge is 2.46. The number of anilines is 1. The van der Waals surface area contributed by atoms with Crippen LogP contribution in [0.4, 0.5) is 5.69 Å². The molecule has 9 heteroatoms. The number of piperidine rings is 1. The van der Waals surface area contributed by atoms with E-state index in [-0.39, 0.29) is 5.91 Å². The van der Waals surface area contributed by atoms with E-state index < -0.39 is 15.6 Å². The van der Waals surface area contributed by atoms with Crippen LogP contribution in [-0.4, -0.2) is 63.7 Å². The average molecular weight is 560 g/mol. The molecule has 2 aliphatic rings. The van der Waals surface area contributed by atoms with Crippen LogP contribution in [0.2, 0.25) is 0 Å². The number of sulfonamides is 1. The second-order valence-corrected chi connectivity index (χ2v) is 12.9. The Kier molecular flexibility index (Phi) is 12.0. The Morgan fingerprint density at radius 2 is 1.51 bits per heavy atom. The van der Waals surface area contributed by atoms with E-state index in [2.05, 4.69) is 16.0 Å². The zero-order valence-electron chi connectivity index (χ0n) is 24.4. The molecule has 1 amide bonds. The number of nitrogens with zero attached hydrogens (tertiary/aromatic N) is 2. The molecule has 218 valence electrons. The predicted octanol–water partition coefficient (Wildman–Crippen LogP) is 5.13. The molecule has 1 fully saturated rings. The molecule has 0 saturated carbocycles. The molecule has 3 N–H and O–H groups in total. The maximum atomic E-state index is 13.1. The van der Waals surface area contributed by atoms with E-state index in [9.17, 15) is 13.2 Å². The molecule has 2 heterocycles. The summed E-state index contributed by atoms with van der Waals surface area (Å²) >= 11 is 0. The van der Waals surface area contributed by atoms with Gasteiger partial charge in [-0.05, 0) is 88.0 Å². The number of unbranched alkanes of at least 4 members (excludes halogenated alkanes) is 8. The highest BCUT2D eigenvalue weighted by molar-refractivity contribution is 7.92. The van der Waals surface area contributed by atoms with E-state index in [0.29, 0.717) is 25.9 Å². The molecule has 39 heavy (non-hydrogen) atoms. The van der Waals surface area contributed by atoms with Crippen molar-refractivity contribution >= 4 is 33.5 Å². The number of carbonyl (C=O) groups excluding carboxylic acids is 1. The summed E-state index contributed by atoms with van der Waals surface area (Å²) in [5, 5.41) is 10.6. The lowest BCUT2D eigenvalue weighted by molar-refractivity contribution is -0.124. The van der Waals surface area contributed by atoms with E-state index in [4.69, 9.17) is 4.99 Å². The van der Waals surface area contributed by atoms with Crippen LogP contribution < -0.4 is 16.0 Å².